The Morgan fingerprint density at radius 2 is 1.78 bits per heavy atom. The van der Waals surface area contributed by atoms with Gasteiger partial charge < -0.3 is 9.47 Å². The number of nitriles is 2. The number of amidine groups is 1. The Bertz CT molecular complexity index is 818. The van der Waals surface area contributed by atoms with Gasteiger partial charge in [-0.05, 0) is 17.7 Å². The number of ether oxygens (including phenoxy) is 2. The molecule has 1 aromatic carbocycles. The normalized spacial score (nSPS) is 39.4. The topological polar surface area (TPSA) is 106 Å². The largest absolute Gasteiger partial charge is 0.343 e. The second-order valence-electron chi connectivity index (χ2n) is 6.21. The quantitative estimate of drug-likeness (QED) is 0.714. The molecule has 3 aliphatic rings. The van der Waals surface area contributed by atoms with Gasteiger partial charge in [0.1, 0.15) is 0 Å². The van der Waals surface area contributed by atoms with E-state index in [1.807, 2.05) is 31.2 Å². The molecule has 0 amide bonds. The van der Waals surface area contributed by atoms with Crippen molar-refractivity contribution in [2.24, 2.45) is 16.6 Å². The van der Waals surface area contributed by atoms with Crippen LogP contribution in [0.4, 0.5) is 0 Å². The van der Waals surface area contributed by atoms with E-state index in [0.29, 0.717) is 13.2 Å². The maximum Gasteiger partial charge on any atom is 0.343 e. The summed E-state index contributed by atoms with van der Waals surface area (Å²) in [6.07, 6.45) is 0. The van der Waals surface area contributed by atoms with Crippen molar-refractivity contribution in [3.05, 3.63) is 34.3 Å². The maximum atomic E-state index is 10.1. The van der Waals surface area contributed by atoms with Crippen molar-refractivity contribution < 1.29 is 14.5 Å². The third-order valence-corrected chi connectivity index (χ3v) is 6.18. The van der Waals surface area contributed by atoms with Crippen molar-refractivity contribution in [2.45, 2.75) is 18.2 Å². The van der Waals surface area contributed by atoms with Crippen LogP contribution in [-0.4, -0.2) is 25.0 Å². The van der Waals surface area contributed by atoms with Crippen molar-refractivity contribution in [1.29, 1.82) is 10.5 Å². The predicted molar refractivity (Wildman–Crippen MR) is 82.4 cm³/mol. The van der Waals surface area contributed by atoms with Gasteiger partial charge in [-0.2, -0.15) is 10.5 Å². The average molecular weight is 374 g/mol. The summed E-state index contributed by atoms with van der Waals surface area (Å²) in [5.74, 6) is -1.14. The highest BCUT2D eigenvalue weighted by atomic mass is 79.9. The molecule has 0 radical (unpaired) electrons. The maximum absolute atomic E-state index is 10.1. The molecule has 0 aromatic heterocycles. The van der Waals surface area contributed by atoms with Crippen LogP contribution in [0, 0.1) is 33.5 Å². The predicted octanol–water partition coefficient (Wildman–Crippen LogP) is -0.108. The molecular weight excluding hydrogens is 360 g/mol. The molecule has 7 heteroatoms. The molecule has 0 bridgehead atoms. The molecule has 2 aliphatic heterocycles. The number of rotatable bonds is 1. The minimum atomic E-state index is -1.37. The van der Waals surface area contributed by atoms with Crippen LogP contribution < -0.4 is 10.7 Å². The molecule has 2 fully saturated rings. The third-order valence-electron chi connectivity index (χ3n) is 5.65. The van der Waals surface area contributed by atoms with Gasteiger partial charge in [-0.25, -0.2) is 4.99 Å². The van der Waals surface area contributed by atoms with Crippen molar-refractivity contribution in [1.82, 2.24) is 0 Å². The zero-order chi connectivity index (χ0) is 16.5. The molecule has 3 atom stereocenters. The van der Waals surface area contributed by atoms with Crippen LogP contribution in [0.2, 0.25) is 0 Å². The Morgan fingerprint density at radius 1 is 1.17 bits per heavy atom. The van der Waals surface area contributed by atoms with E-state index < -0.39 is 22.2 Å². The first-order valence-electron chi connectivity index (χ1n) is 7.23. The van der Waals surface area contributed by atoms with Gasteiger partial charge in [0.05, 0.1) is 30.8 Å². The fourth-order valence-corrected chi connectivity index (χ4v) is 4.84. The van der Waals surface area contributed by atoms with Crippen LogP contribution >= 0.6 is 15.9 Å². The zero-order valence-electron chi connectivity index (χ0n) is 12.4. The first-order chi connectivity index (χ1) is 11.0. The lowest BCUT2D eigenvalue weighted by atomic mass is 9.85. The van der Waals surface area contributed by atoms with E-state index in [-0.39, 0.29) is 5.84 Å². The Labute approximate surface area is 141 Å². The fourth-order valence-electron chi connectivity index (χ4n) is 4.57. The minimum absolute atomic E-state index is 0.230. The Kier molecular flexibility index (Phi) is 2.63. The summed E-state index contributed by atoms with van der Waals surface area (Å²) >= 11 is 3.40. The summed E-state index contributed by atoms with van der Waals surface area (Å²) in [6, 6.07) is 12.2. The molecule has 6 nitrogen and oxygen atoms in total. The second-order valence-corrected chi connectivity index (χ2v) is 7.12. The molecule has 1 spiro atoms. The van der Waals surface area contributed by atoms with Gasteiger partial charge in [0.2, 0.25) is 0 Å². The number of benzene rings is 1. The van der Waals surface area contributed by atoms with Crippen LogP contribution in [-0.2, 0) is 14.9 Å². The van der Waals surface area contributed by atoms with E-state index in [9.17, 15) is 10.5 Å². The first kappa shape index (κ1) is 14.6. The Hall–Kier alpha value is -1.93. The van der Waals surface area contributed by atoms with Gasteiger partial charge in [0.15, 0.2) is 10.8 Å². The number of hydrogen-bond donors (Lipinski definition) is 2. The molecule has 23 heavy (non-hydrogen) atoms. The van der Waals surface area contributed by atoms with Crippen molar-refractivity contribution in [3.8, 4) is 12.1 Å². The monoisotopic (exact) mass is 373 g/mol. The van der Waals surface area contributed by atoms with Crippen molar-refractivity contribution >= 4 is 21.8 Å². The summed E-state index contributed by atoms with van der Waals surface area (Å²) in [7, 11) is 0. The van der Waals surface area contributed by atoms with E-state index in [1.165, 1.54) is 0 Å². The standard InChI is InChI=1S/C16H13BrN4O2/c1-13(10-2-4-11(17)5-3-10)14(8-18)12(20)21-16(15(13,14)9-19)22-6-7-23-16/h2-5H,6-7H2,1H3,(H2,20,21)/p+1/t13-,14-,15+/m0/s1. The number of fused-ring (bicyclic) bond motifs is 2. The summed E-state index contributed by atoms with van der Waals surface area (Å²) < 4.78 is 12.5. The lowest BCUT2D eigenvalue weighted by molar-refractivity contribution is -0.677. The Balaban J connectivity index is 2.00. The highest BCUT2D eigenvalue weighted by molar-refractivity contribution is 9.10. The van der Waals surface area contributed by atoms with Gasteiger partial charge in [-0.15, -0.1) is 0 Å². The number of nitrogens with one attached hydrogen (secondary N) is 1. The van der Waals surface area contributed by atoms with Gasteiger partial charge >= 0.3 is 5.91 Å². The fraction of sp³-hybridized carbons (Fsp3) is 0.438. The van der Waals surface area contributed by atoms with Crippen LogP contribution in [0.25, 0.3) is 0 Å². The third kappa shape index (κ3) is 1.19. The summed E-state index contributed by atoms with van der Waals surface area (Å²) in [4.78, 5) is 2.94. The molecule has 1 aromatic rings. The minimum Gasteiger partial charge on any atom is -0.311 e. The van der Waals surface area contributed by atoms with Gasteiger partial charge in [-0.3, -0.25) is 5.73 Å². The zero-order valence-corrected chi connectivity index (χ0v) is 14.0. The van der Waals surface area contributed by atoms with E-state index in [1.54, 1.807) is 0 Å². The highest BCUT2D eigenvalue weighted by Crippen LogP contribution is 2.82. The molecule has 116 valence electrons. The summed E-state index contributed by atoms with van der Waals surface area (Å²) in [6.45, 7) is 2.58. The first-order valence-corrected chi connectivity index (χ1v) is 8.02. The molecular formula is C16H14BrN4O2+. The Morgan fingerprint density at radius 3 is 2.30 bits per heavy atom. The van der Waals surface area contributed by atoms with Crippen LogP contribution in [0.5, 0.6) is 0 Å². The molecule has 1 aliphatic carbocycles. The number of nitrogens with zero attached hydrogens (tertiary/aromatic N) is 2. The van der Waals surface area contributed by atoms with Crippen LogP contribution in [0.3, 0.4) is 0 Å². The van der Waals surface area contributed by atoms with E-state index in [2.05, 4.69) is 33.1 Å². The summed E-state index contributed by atoms with van der Waals surface area (Å²) in [5.41, 5.74) is 3.77. The highest BCUT2D eigenvalue weighted by Gasteiger charge is 3.03. The average Bonchev–Trinajstić information content (AvgIpc) is 2.83. The van der Waals surface area contributed by atoms with Crippen LogP contribution in [0.15, 0.2) is 28.7 Å². The van der Waals surface area contributed by atoms with Crippen molar-refractivity contribution in [3.63, 3.8) is 0 Å². The van der Waals surface area contributed by atoms with Gasteiger partial charge in [0, 0.05) is 4.47 Å². The summed E-state index contributed by atoms with van der Waals surface area (Å²) in [5, 5.41) is 20.0. The van der Waals surface area contributed by atoms with Crippen molar-refractivity contribution in [2.75, 3.05) is 13.2 Å². The van der Waals surface area contributed by atoms with Crippen LogP contribution in [0.1, 0.15) is 12.5 Å². The molecule has 4 rings (SSSR count). The van der Waals surface area contributed by atoms with Gasteiger partial charge in [-0.1, -0.05) is 35.0 Å². The molecule has 0 unspecified atom stereocenters. The molecule has 2 heterocycles. The second kappa shape index (κ2) is 4.12. The van der Waals surface area contributed by atoms with E-state index in [0.717, 1.165) is 10.0 Å². The number of nitrogens with two attached hydrogens (primary N) is 1. The lowest BCUT2D eigenvalue weighted by Gasteiger charge is -2.27. The smallest absolute Gasteiger partial charge is 0.311 e. The lowest BCUT2D eigenvalue weighted by Crippen LogP contribution is -2.90. The SMILES string of the molecule is C[C@]1(c2ccc(Br)cc2)[C@]2(C#N)C(N)=[NH+]C3(OCCO3)[C@@]21C#N. The number of hydrogen-bond acceptors (Lipinski definition) is 5. The molecule has 1 saturated carbocycles. The number of halogens is 1. The molecule has 3 N–H and O–H groups in total. The molecule has 1 saturated heterocycles. The van der Waals surface area contributed by atoms with E-state index >= 15 is 0 Å². The van der Waals surface area contributed by atoms with E-state index in [4.69, 9.17) is 15.2 Å². The van der Waals surface area contributed by atoms with Gasteiger partial charge in [0.25, 0.3) is 5.84 Å².